The fourth-order valence-corrected chi connectivity index (χ4v) is 0.917. The van der Waals surface area contributed by atoms with Gasteiger partial charge < -0.3 is 26.0 Å². The summed E-state index contributed by atoms with van der Waals surface area (Å²) >= 11 is 0. The molecule has 1 amide bonds. The van der Waals surface area contributed by atoms with E-state index in [0.717, 1.165) is 0 Å². The topological polar surface area (TPSA) is 119 Å². The molecular formula is C8H16N2O5. The minimum Gasteiger partial charge on any atom is -0.480 e. The van der Waals surface area contributed by atoms with Gasteiger partial charge in [-0.15, -0.1) is 0 Å². The Morgan fingerprint density at radius 3 is 2.13 bits per heavy atom. The molecule has 0 rings (SSSR count). The van der Waals surface area contributed by atoms with Crippen molar-refractivity contribution in [2.45, 2.75) is 19.0 Å². The number of carbonyl (C=O) groups is 2. The highest BCUT2D eigenvalue weighted by atomic mass is 16.4. The molecule has 0 aromatic rings. The van der Waals surface area contributed by atoms with Crippen LogP contribution in [0.1, 0.15) is 6.92 Å². The third kappa shape index (κ3) is 6.00. The van der Waals surface area contributed by atoms with E-state index < -0.39 is 24.0 Å². The van der Waals surface area contributed by atoms with Crippen LogP contribution in [-0.2, 0) is 9.59 Å². The molecule has 0 aromatic heterocycles. The Morgan fingerprint density at radius 2 is 1.80 bits per heavy atom. The van der Waals surface area contributed by atoms with Crippen LogP contribution >= 0.6 is 0 Å². The van der Waals surface area contributed by atoms with Crippen LogP contribution in [0.2, 0.25) is 0 Å². The number of carboxylic acids is 1. The fourth-order valence-electron chi connectivity index (χ4n) is 0.917. The average Bonchev–Trinajstić information content (AvgIpc) is 2.16. The molecule has 7 heteroatoms. The van der Waals surface area contributed by atoms with Gasteiger partial charge in [-0.3, -0.25) is 4.79 Å². The van der Waals surface area contributed by atoms with Gasteiger partial charge in [0.05, 0.1) is 19.3 Å². The van der Waals surface area contributed by atoms with Gasteiger partial charge in [0.2, 0.25) is 5.91 Å². The quantitative estimate of drug-likeness (QED) is 0.324. The average molecular weight is 220 g/mol. The second-order valence-corrected chi connectivity index (χ2v) is 3.06. The van der Waals surface area contributed by atoms with Crippen molar-refractivity contribution in [1.82, 2.24) is 10.6 Å². The second-order valence-electron chi connectivity index (χ2n) is 3.06. The highest BCUT2D eigenvalue weighted by Gasteiger charge is 2.19. The van der Waals surface area contributed by atoms with Crippen LogP contribution in [0.5, 0.6) is 0 Å². The Kier molecular flexibility index (Phi) is 6.59. The van der Waals surface area contributed by atoms with Crippen LogP contribution < -0.4 is 10.6 Å². The van der Waals surface area contributed by atoms with E-state index in [0.29, 0.717) is 0 Å². The SMILES string of the molecule is CC(=O)NC(CNC(CO)CO)C(=O)O. The summed E-state index contributed by atoms with van der Waals surface area (Å²) in [5.41, 5.74) is 0. The molecule has 0 aliphatic rings. The molecule has 0 spiro atoms. The molecule has 5 N–H and O–H groups in total. The summed E-state index contributed by atoms with van der Waals surface area (Å²) in [7, 11) is 0. The number of hydrogen-bond acceptors (Lipinski definition) is 5. The number of hydrogen-bond donors (Lipinski definition) is 5. The smallest absolute Gasteiger partial charge is 0.327 e. The number of carbonyl (C=O) groups excluding carboxylic acids is 1. The molecule has 7 nitrogen and oxygen atoms in total. The molecule has 0 saturated carbocycles. The van der Waals surface area contributed by atoms with E-state index in [1.165, 1.54) is 6.92 Å². The van der Waals surface area contributed by atoms with Crippen molar-refractivity contribution in [1.29, 1.82) is 0 Å². The Morgan fingerprint density at radius 1 is 1.27 bits per heavy atom. The molecular weight excluding hydrogens is 204 g/mol. The molecule has 0 aliphatic carbocycles. The maximum Gasteiger partial charge on any atom is 0.327 e. The van der Waals surface area contributed by atoms with Crippen molar-refractivity contribution < 1.29 is 24.9 Å². The molecule has 0 aromatic carbocycles. The van der Waals surface area contributed by atoms with Crippen molar-refractivity contribution >= 4 is 11.9 Å². The third-order valence-corrected chi connectivity index (χ3v) is 1.73. The molecule has 1 unspecified atom stereocenters. The maximum atomic E-state index is 10.6. The predicted molar refractivity (Wildman–Crippen MR) is 51.2 cm³/mol. The molecule has 0 radical (unpaired) electrons. The largest absolute Gasteiger partial charge is 0.480 e. The van der Waals surface area contributed by atoms with Gasteiger partial charge in [-0.2, -0.15) is 0 Å². The van der Waals surface area contributed by atoms with Gasteiger partial charge >= 0.3 is 5.97 Å². The summed E-state index contributed by atoms with van der Waals surface area (Å²) in [6.45, 7) is 0.554. The van der Waals surface area contributed by atoms with E-state index in [4.69, 9.17) is 15.3 Å². The van der Waals surface area contributed by atoms with E-state index >= 15 is 0 Å². The van der Waals surface area contributed by atoms with E-state index in [1.54, 1.807) is 0 Å². The zero-order valence-corrected chi connectivity index (χ0v) is 8.43. The Hall–Kier alpha value is -1.18. The first-order chi connectivity index (χ1) is 7.01. The molecule has 88 valence electrons. The number of rotatable bonds is 7. The van der Waals surface area contributed by atoms with Crippen molar-refractivity contribution in [2.75, 3.05) is 19.8 Å². The van der Waals surface area contributed by atoms with Gasteiger partial charge in [0.25, 0.3) is 0 Å². The zero-order chi connectivity index (χ0) is 11.8. The van der Waals surface area contributed by atoms with Crippen LogP contribution in [-0.4, -0.2) is 59.0 Å². The van der Waals surface area contributed by atoms with E-state index in [9.17, 15) is 9.59 Å². The maximum absolute atomic E-state index is 10.6. The van der Waals surface area contributed by atoms with Crippen molar-refractivity contribution in [3.05, 3.63) is 0 Å². The van der Waals surface area contributed by atoms with E-state index in [-0.39, 0.29) is 19.8 Å². The molecule has 0 fully saturated rings. The highest BCUT2D eigenvalue weighted by molar-refractivity contribution is 5.82. The lowest BCUT2D eigenvalue weighted by molar-refractivity contribution is -0.141. The number of amides is 1. The minimum absolute atomic E-state index is 0.0549. The lowest BCUT2D eigenvalue weighted by Gasteiger charge is -2.18. The van der Waals surface area contributed by atoms with Gasteiger partial charge in [0.1, 0.15) is 6.04 Å². The van der Waals surface area contributed by atoms with Crippen molar-refractivity contribution in [2.24, 2.45) is 0 Å². The molecule has 1 atom stereocenters. The second kappa shape index (κ2) is 7.16. The summed E-state index contributed by atoms with van der Waals surface area (Å²) in [4.78, 5) is 21.3. The normalized spacial score (nSPS) is 12.5. The standard InChI is InChI=1S/C8H16N2O5/c1-5(13)10-7(8(14)15)2-9-6(3-11)4-12/h6-7,9,11-12H,2-4H2,1H3,(H,10,13)(H,14,15). The highest BCUT2D eigenvalue weighted by Crippen LogP contribution is 1.86. The summed E-state index contributed by atoms with van der Waals surface area (Å²) in [5.74, 6) is -1.62. The Labute approximate surface area is 87.1 Å². The number of aliphatic carboxylic acids is 1. The number of aliphatic hydroxyl groups excluding tert-OH is 2. The first kappa shape index (κ1) is 13.8. The number of carboxylic acid groups (broad SMARTS) is 1. The van der Waals surface area contributed by atoms with Gasteiger partial charge in [0.15, 0.2) is 0 Å². The number of aliphatic hydroxyl groups is 2. The van der Waals surface area contributed by atoms with Gasteiger partial charge in [0, 0.05) is 13.5 Å². The van der Waals surface area contributed by atoms with Crippen molar-refractivity contribution in [3.63, 3.8) is 0 Å². The first-order valence-corrected chi connectivity index (χ1v) is 4.46. The first-order valence-electron chi connectivity index (χ1n) is 4.46. The van der Waals surface area contributed by atoms with Gasteiger partial charge in [-0.1, -0.05) is 0 Å². The monoisotopic (exact) mass is 220 g/mol. The summed E-state index contributed by atoms with van der Waals surface area (Å²) in [5, 5.41) is 30.9. The number of nitrogens with one attached hydrogen (secondary N) is 2. The summed E-state index contributed by atoms with van der Waals surface area (Å²) < 4.78 is 0. The van der Waals surface area contributed by atoms with Gasteiger partial charge in [-0.25, -0.2) is 4.79 Å². The fraction of sp³-hybridized carbons (Fsp3) is 0.750. The van der Waals surface area contributed by atoms with E-state index in [1.807, 2.05) is 0 Å². The lowest BCUT2D eigenvalue weighted by atomic mass is 10.2. The van der Waals surface area contributed by atoms with Crippen LogP contribution in [0.4, 0.5) is 0 Å². The third-order valence-electron chi connectivity index (χ3n) is 1.73. The van der Waals surface area contributed by atoms with Crippen LogP contribution in [0, 0.1) is 0 Å². The molecule has 0 bridgehead atoms. The minimum atomic E-state index is -1.17. The molecule has 15 heavy (non-hydrogen) atoms. The lowest BCUT2D eigenvalue weighted by Crippen LogP contribution is -2.50. The van der Waals surface area contributed by atoms with Crippen LogP contribution in [0.3, 0.4) is 0 Å². The molecule has 0 aliphatic heterocycles. The van der Waals surface area contributed by atoms with Crippen LogP contribution in [0.25, 0.3) is 0 Å². The van der Waals surface area contributed by atoms with Crippen LogP contribution in [0.15, 0.2) is 0 Å². The molecule has 0 saturated heterocycles. The summed E-state index contributed by atoms with van der Waals surface area (Å²) in [6.07, 6.45) is 0. The summed E-state index contributed by atoms with van der Waals surface area (Å²) in [6, 6.07) is -1.65. The zero-order valence-electron chi connectivity index (χ0n) is 8.43. The van der Waals surface area contributed by atoms with Crippen molar-refractivity contribution in [3.8, 4) is 0 Å². The predicted octanol–water partition coefficient (Wildman–Crippen LogP) is -2.48. The Bertz CT molecular complexity index is 217. The van der Waals surface area contributed by atoms with E-state index in [2.05, 4.69) is 10.6 Å². The molecule has 0 heterocycles. The van der Waals surface area contributed by atoms with Gasteiger partial charge in [-0.05, 0) is 0 Å². The Balaban J connectivity index is 4.06.